The van der Waals surface area contributed by atoms with Crippen LogP contribution in [-0.2, 0) is 9.53 Å². The Morgan fingerprint density at radius 1 is 1.43 bits per heavy atom. The second-order valence-electron chi connectivity index (χ2n) is 4.95. The average molecular weight is 307 g/mol. The Bertz CT molecular complexity index is 637. The number of ether oxygens (including phenoxy) is 1. The highest BCUT2D eigenvalue weighted by Gasteiger charge is 2.16. The smallest absolute Gasteiger partial charge is 0.257 e. The van der Waals surface area contributed by atoms with Crippen LogP contribution >= 0.6 is 11.8 Å². The van der Waals surface area contributed by atoms with Crippen molar-refractivity contribution in [3.8, 4) is 0 Å². The standard InChI is InChI=1S/C14H17N3O3S/c15-9-1-2-11-12(7-9)20-14(17-11)21-8-13(18)16-10-3-5-19-6-4-10/h1-2,7,10H,3-6,8,15H2,(H,16,18). The SMILES string of the molecule is Nc1ccc2nc(SCC(=O)NC3CCOCC3)oc2c1. The van der Waals surface area contributed by atoms with Crippen molar-refractivity contribution in [1.29, 1.82) is 0 Å². The van der Waals surface area contributed by atoms with E-state index >= 15 is 0 Å². The number of anilines is 1. The summed E-state index contributed by atoms with van der Waals surface area (Å²) in [5, 5.41) is 3.49. The lowest BCUT2D eigenvalue weighted by Crippen LogP contribution is -2.39. The average Bonchev–Trinajstić information content (AvgIpc) is 2.88. The Balaban J connectivity index is 1.54. The molecule has 0 spiro atoms. The fourth-order valence-corrected chi connectivity index (χ4v) is 2.87. The molecule has 7 heteroatoms. The monoisotopic (exact) mass is 307 g/mol. The van der Waals surface area contributed by atoms with Crippen LogP contribution in [0.15, 0.2) is 27.8 Å². The number of oxazole rings is 1. The molecule has 0 aliphatic carbocycles. The van der Waals surface area contributed by atoms with Crippen LogP contribution in [0.4, 0.5) is 5.69 Å². The third-order valence-electron chi connectivity index (χ3n) is 3.31. The number of rotatable bonds is 4. The summed E-state index contributed by atoms with van der Waals surface area (Å²) in [7, 11) is 0. The van der Waals surface area contributed by atoms with Gasteiger partial charge in [-0.1, -0.05) is 11.8 Å². The largest absolute Gasteiger partial charge is 0.431 e. The zero-order chi connectivity index (χ0) is 14.7. The summed E-state index contributed by atoms with van der Waals surface area (Å²) in [5.41, 5.74) is 7.71. The minimum atomic E-state index is -0.00586. The number of nitrogens with zero attached hydrogens (tertiary/aromatic N) is 1. The molecule has 1 fully saturated rings. The normalized spacial score (nSPS) is 16.2. The molecule has 1 aromatic carbocycles. The molecule has 0 atom stereocenters. The van der Waals surface area contributed by atoms with Crippen LogP contribution in [0.2, 0.25) is 0 Å². The highest BCUT2D eigenvalue weighted by atomic mass is 32.2. The minimum absolute atomic E-state index is 0.00586. The quantitative estimate of drug-likeness (QED) is 0.661. The van der Waals surface area contributed by atoms with Crippen LogP contribution in [0.25, 0.3) is 11.1 Å². The number of carbonyl (C=O) groups excluding carboxylic acids is 1. The molecule has 1 aliphatic heterocycles. The van der Waals surface area contributed by atoms with Gasteiger partial charge in [-0.25, -0.2) is 4.98 Å². The lowest BCUT2D eigenvalue weighted by Gasteiger charge is -2.22. The number of hydrogen-bond donors (Lipinski definition) is 2. The maximum absolute atomic E-state index is 11.9. The molecule has 21 heavy (non-hydrogen) atoms. The molecule has 0 unspecified atom stereocenters. The summed E-state index contributed by atoms with van der Waals surface area (Å²) >= 11 is 1.29. The molecular formula is C14H17N3O3S. The second-order valence-corrected chi connectivity index (χ2v) is 5.88. The topological polar surface area (TPSA) is 90.4 Å². The predicted molar refractivity (Wildman–Crippen MR) is 81.1 cm³/mol. The summed E-state index contributed by atoms with van der Waals surface area (Å²) < 4.78 is 10.8. The van der Waals surface area contributed by atoms with Gasteiger partial charge in [0.1, 0.15) is 5.52 Å². The van der Waals surface area contributed by atoms with E-state index < -0.39 is 0 Å². The number of thioether (sulfide) groups is 1. The van der Waals surface area contributed by atoms with Crippen molar-refractivity contribution in [1.82, 2.24) is 10.3 Å². The molecule has 1 amide bonds. The van der Waals surface area contributed by atoms with Crippen LogP contribution in [-0.4, -0.2) is 35.9 Å². The van der Waals surface area contributed by atoms with Gasteiger partial charge in [0.25, 0.3) is 5.22 Å². The van der Waals surface area contributed by atoms with E-state index in [2.05, 4.69) is 10.3 Å². The number of benzene rings is 1. The third-order valence-corrected chi connectivity index (χ3v) is 4.13. The zero-order valence-electron chi connectivity index (χ0n) is 11.5. The maximum Gasteiger partial charge on any atom is 0.257 e. The van der Waals surface area contributed by atoms with Crippen molar-refractivity contribution in [2.75, 3.05) is 24.7 Å². The van der Waals surface area contributed by atoms with Gasteiger partial charge in [0, 0.05) is 31.0 Å². The summed E-state index contributed by atoms with van der Waals surface area (Å²) in [6, 6.07) is 5.53. The van der Waals surface area contributed by atoms with Gasteiger partial charge in [0.2, 0.25) is 5.91 Å². The van der Waals surface area contributed by atoms with Crippen LogP contribution in [0.3, 0.4) is 0 Å². The van der Waals surface area contributed by atoms with Gasteiger partial charge >= 0.3 is 0 Å². The van der Waals surface area contributed by atoms with E-state index in [0.717, 1.165) is 18.4 Å². The molecule has 3 N–H and O–H groups in total. The molecule has 1 aromatic heterocycles. The number of nitrogens with one attached hydrogen (secondary N) is 1. The van der Waals surface area contributed by atoms with E-state index in [4.69, 9.17) is 14.9 Å². The van der Waals surface area contributed by atoms with E-state index in [1.165, 1.54) is 11.8 Å². The molecule has 2 aromatic rings. The highest BCUT2D eigenvalue weighted by molar-refractivity contribution is 7.99. The Kier molecular flexibility index (Phi) is 4.31. The van der Waals surface area contributed by atoms with Crippen molar-refractivity contribution >= 4 is 34.5 Å². The van der Waals surface area contributed by atoms with Gasteiger partial charge in [-0.3, -0.25) is 4.79 Å². The first-order valence-electron chi connectivity index (χ1n) is 6.87. The van der Waals surface area contributed by atoms with Crippen LogP contribution in [0.1, 0.15) is 12.8 Å². The molecule has 1 aliphatic rings. The first-order chi connectivity index (χ1) is 10.2. The summed E-state index contributed by atoms with van der Waals surface area (Å²) in [4.78, 5) is 16.2. The minimum Gasteiger partial charge on any atom is -0.431 e. The number of nitrogen functional groups attached to an aromatic ring is 1. The fraction of sp³-hybridized carbons (Fsp3) is 0.429. The van der Waals surface area contributed by atoms with Crippen LogP contribution < -0.4 is 11.1 Å². The second kappa shape index (κ2) is 6.36. The summed E-state index contributed by atoms with van der Waals surface area (Å²) in [6.07, 6.45) is 1.75. The first kappa shape index (κ1) is 14.2. The van der Waals surface area contributed by atoms with Crippen molar-refractivity contribution in [2.45, 2.75) is 24.1 Å². The van der Waals surface area contributed by atoms with Crippen molar-refractivity contribution in [3.05, 3.63) is 18.2 Å². The van der Waals surface area contributed by atoms with Gasteiger partial charge < -0.3 is 20.2 Å². The van der Waals surface area contributed by atoms with Gasteiger partial charge in [-0.05, 0) is 25.0 Å². The number of hydrogen-bond acceptors (Lipinski definition) is 6. The molecule has 3 rings (SSSR count). The molecule has 0 bridgehead atoms. The van der Waals surface area contributed by atoms with Crippen molar-refractivity contribution < 1.29 is 13.9 Å². The van der Waals surface area contributed by atoms with E-state index in [-0.39, 0.29) is 11.9 Å². The third kappa shape index (κ3) is 3.68. The van der Waals surface area contributed by atoms with Gasteiger partial charge in [0.05, 0.1) is 5.75 Å². The van der Waals surface area contributed by atoms with Crippen LogP contribution in [0.5, 0.6) is 0 Å². The predicted octanol–water partition coefficient (Wildman–Crippen LogP) is 1.80. The Labute approximate surface area is 126 Å². The van der Waals surface area contributed by atoms with Gasteiger partial charge in [-0.15, -0.1) is 0 Å². The number of carbonyl (C=O) groups is 1. The molecule has 112 valence electrons. The van der Waals surface area contributed by atoms with E-state index in [1.807, 2.05) is 0 Å². The Morgan fingerprint density at radius 2 is 2.24 bits per heavy atom. The lowest BCUT2D eigenvalue weighted by molar-refractivity contribution is -0.119. The summed E-state index contributed by atoms with van der Waals surface area (Å²) in [6.45, 7) is 1.43. The van der Waals surface area contributed by atoms with Crippen molar-refractivity contribution in [3.63, 3.8) is 0 Å². The van der Waals surface area contributed by atoms with Gasteiger partial charge in [0.15, 0.2) is 5.58 Å². The molecule has 6 nitrogen and oxygen atoms in total. The van der Waals surface area contributed by atoms with Crippen molar-refractivity contribution in [2.24, 2.45) is 0 Å². The van der Waals surface area contributed by atoms with E-state index in [0.29, 0.717) is 35.5 Å². The Hall–Kier alpha value is -1.73. The molecule has 0 saturated carbocycles. The summed E-state index contributed by atoms with van der Waals surface area (Å²) in [5.74, 6) is 0.285. The lowest BCUT2D eigenvalue weighted by atomic mass is 10.1. The zero-order valence-corrected chi connectivity index (χ0v) is 12.3. The number of amides is 1. The maximum atomic E-state index is 11.9. The first-order valence-corrected chi connectivity index (χ1v) is 7.85. The Morgan fingerprint density at radius 3 is 3.05 bits per heavy atom. The van der Waals surface area contributed by atoms with Gasteiger partial charge in [-0.2, -0.15) is 0 Å². The molecular weight excluding hydrogens is 290 g/mol. The number of fused-ring (bicyclic) bond motifs is 1. The van der Waals surface area contributed by atoms with E-state index in [9.17, 15) is 4.79 Å². The number of aromatic nitrogens is 1. The molecule has 1 saturated heterocycles. The molecule has 2 heterocycles. The number of nitrogens with two attached hydrogens (primary N) is 1. The highest BCUT2D eigenvalue weighted by Crippen LogP contribution is 2.24. The van der Waals surface area contributed by atoms with E-state index in [1.54, 1.807) is 18.2 Å². The fourth-order valence-electron chi connectivity index (χ4n) is 2.22. The van der Waals surface area contributed by atoms with Crippen LogP contribution in [0, 0.1) is 0 Å². The molecule has 0 radical (unpaired) electrons.